The lowest BCUT2D eigenvalue weighted by atomic mass is 10.1. The largest absolute Gasteiger partial charge is 0.507 e. The van der Waals surface area contributed by atoms with E-state index in [0.717, 1.165) is 23.2 Å². The maximum atomic E-state index is 12.8. The van der Waals surface area contributed by atoms with E-state index in [4.69, 9.17) is 5.73 Å². The highest BCUT2D eigenvalue weighted by atomic mass is 16.3. The molecule has 0 saturated heterocycles. The Kier molecular flexibility index (Phi) is 3.09. The van der Waals surface area contributed by atoms with Gasteiger partial charge in [-0.3, -0.25) is 4.79 Å². The number of benzene rings is 2. The number of hydrogen-bond acceptors (Lipinski definition) is 3. The lowest BCUT2D eigenvalue weighted by Gasteiger charge is -2.23. The molecule has 108 valence electrons. The molecule has 21 heavy (non-hydrogen) atoms. The quantitative estimate of drug-likeness (QED) is 0.790. The molecule has 2 aromatic carbocycles. The van der Waals surface area contributed by atoms with E-state index < -0.39 is 0 Å². The average Bonchev–Trinajstić information content (AvgIpc) is 2.75. The van der Waals surface area contributed by atoms with Crippen LogP contribution in [0, 0.1) is 6.92 Å². The highest BCUT2D eigenvalue weighted by Crippen LogP contribution is 2.35. The number of aromatic hydroxyl groups is 1. The van der Waals surface area contributed by atoms with Gasteiger partial charge in [-0.1, -0.05) is 11.6 Å². The molecule has 0 fully saturated rings. The Labute approximate surface area is 123 Å². The van der Waals surface area contributed by atoms with Gasteiger partial charge in [0.25, 0.3) is 5.91 Å². The summed E-state index contributed by atoms with van der Waals surface area (Å²) >= 11 is 0. The summed E-state index contributed by atoms with van der Waals surface area (Å²) in [6.07, 6.45) is 0.776. The van der Waals surface area contributed by atoms with Gasteiger partial charge in [0.2, 0.25) is 0 Å². The topological polar surface area (TPSA) is 66.6 Å². The van der Waals surface area contributed by atoms with Crippen LogP contribution in [-0.4, -0.2) is 17.1 Å². The van der Waals surface area contributed by atoms with Crippen LogP contribution >= 0.6 is 0 Å². The van der Waals surface area contributed by atoms with Crippen LogP contribution in [0.4, 0.5) is 11.4 Å². The molecule has 3 rings (SSSR count). The van der Waals surface area contributed by atoms with Crippen molar-refractivity contribution in [1.29, 1.82) is 0 Å². The van der Waals surface area contributed by atoms with Crippen molar-refractivity contribution in [3.8, 4) is 5.75 Å². The number of nitrogen functional groups attached to an aromatic ring is 1. The Balaban J connectivity index is 2.05. The molecule has 1 atom stereocenters. The summed E-state index contributed by atoms with van der Waals surface area (Å²) in [6, 6.07) is 10.7. The molecule has 0 bridgehead atoms. The van der Waals surface area contributed by atoms with Crippen molar-refractivity contribution in [1.82, 2.24) is 0 Å². The van der Waals surface area contributed by atoms with Crippen molar-refractivity contribution in [3.05, 3.63) is 53.1 Å². The monoisotopic (exact) mass is 282 g/mol. The van der Waals surface area contributed by atoms with E-state index in [2.05, 4.69) is 0 Å². The first-order chi connectivity index (χ1) is 9.97. The molecule has 1 amide bonds. The summed E-state index contributed by atoms with van der Waals surface area (Å²) < 4.78 is 0. The standard InChI is InChI=1S/C17H18N2O2/c1-10-3-6-16(20)14(7-10)17(21)19-11(2)8-12-9-13(18)4-5-15(12)19/h3-7,9,11,20H,8,18H2,1-2H3. The van der Waals surface area contributed by atoms with Gasteiger partial charge in [0.15, 0.2) is 0 Å². The van der Waals surface area contributed by atoms with Gasteiger partial charge in [0.05, 0.1) is 5.56 Å². The first-order valence-corrected chi connectivity index (χ1v) is 6.99. The predicted octanol–water partition coefficient (Wildman–Crippen LogP) is 2.87. The summed E-state index contributed by atoms with van der Waals surface area (Å²) in [6.45, 7) is 3.90. The molecule has 1 heterocycles. The molecular weight excluding hydrogens is 264 g/mol. The number of carbonyl (C=O) groups is 1. The fourth-order valence-electron chi connectivity index (χ4n) is 2.91. The molecule has 0 saturated carbocycles. The minimum atomic E-state index is -0.174. The van der Waals surface area contributed by atoms with Crippen LogP contribution in [0.5, 0.6) is 5.75 Å². The SMILES string of the molecule is Cc1ccc(O)c(C(=O)N2c3ccc(N)cc3CC2C)c1. The Bertz CT molecular complexity index is 725. The molecule has 3 N–H and O–H groups in total. The number of rotatable bonds is 1. The normalized spacial score (nSPS) is 16.9. The zero-order valence-electron chi connectivity index (χ0n) is 12.1. The predicted molar refractivity (Wildman–Crippen MR) is 83.7 cm³/mol. The van der Waals surface area contributed by atoms with E-state index in [0.29, 0.717) is 11.3 Å². The number of phenolic OH excluding ortho intramolecular Hbond substituents is 1. The third-order valence-corrected chi connectivity index (χ3v) is 3.92. The maximum absolute atomic E-state index is 12.8. The number of anilines is 2. The molecule has 1 aliphatic rings. The Morgan fingerprint density at radius 2 is 2.05 bits per heavy atom. The van der Waals surface area contributed by atoms with Crippen LogP contribution in [0.1, 0.15) is 28.4 Å². The molecule has 1 aliphatic heterocycles. The number of phenols is 1. The van der Waals surface area contributed by atoms with Gasteiger partial charge in [-0.2, -0.15) is 0 Å². The second kappa shape index (κ2) is 4.81. The molecule has 0 spiro atoms. The maximum Gasteiger partial charge on any atom is 0.262 e. The first kappa shape index (κ1) is 13.5. The Morgan fingerprint density at radius 1 is 1.29 bits per heavy atom. The third-order valence-electron chi connectivity index (χ3n) is 3.92. The summed E-state index contributed by atoms with van der Waals surface area (Å²) in [5.41, 5.74) is 9.75. The number of hydrogen-bond donors (Lipinski definition) is 2. The van der Waals surface area contributed by atoms with Gasteiger partial charge in [0.1, 0.15) is 5.75 Å². The van der Waals surface area contributed by atoms with Crippen LogP contribution in [0.25, 0.3) is 0 Å². The Morgan fingerprint density at radius 3 is 2.81 bits per heavy atom. The van der Waals surface area contributed by atoms with Gasteiger partial charge < -0.3 is 15.7 Å². The van der Waals surface area contributed by atoms with Crippen molar-refractivity contribution in [2.45, 2.75) is 26.3 Å². The molecule has 2 aromatic rings. The van der Waals surface area contributed by atoms with Crippen LogP contribution in [-0.2, 0) is 6.42 Å². The minimum Gasteiger partial charge on any atom is -0.507 e. The van der Waals surface area contributed by atoms with E-state index in [-0.39, 0.29) is 17.7 Å². The highest BCUT2D eigenvalue weighted by molar-refractivity contribution is 6.09. The number of fused-ring (bicyclic) bond motifs is 1. The highest BCUT2D eigenvalue weighted by Gasteiger charge is 2.32. The summed E-state index contributed by atoms with van der Waals surface area (Å²) in [7, 11) is 0. The molecule has 4 heteroatoms. The van der Waals surface area contributed by atoms with Crippen molar-refractivity contribution < 1.29 is 9.90 Å². The second-order valence-corrected chi connectivity index (χ2v) is 5.64. The van der Waals surface area contributed by atoms with E-state index in [1.807, 2.05) is 26.0 Å². The second-order valence-electron chi connectivity index (χ2n) is 5.64. The zero-order chi connectivity index (χ0) is 15.1. The third kappa shape index (κ3) is 2.23. The first-order valence-electron chi connectivity index (χ1n) is 6.99. The molecule has 0 aromatic heterocycles. The van der Waals surface area contributed by atoms with Crippen LogP contribution in [0.2, 0.25) is 0 Å². The van der Waals surface area contributed by atoms with E-state index >= 15 is 0 Å². The number of carbonyl (C=O) groups excluding carboxylic acids is 1. The van der Waals surface area contributed by atoms with Gasteiger partial charge in [-0.05, 0) is 56.2 Å². The number of nitrogens with zero attached hydrogens (tertiary/aromatic N) is 1. The van der Waals surface area contributed by atoms with Gasteiger partial charge >= 0.3 is 0 Å². The van der Waals surface area contributed by atoms with Gasteiger partial charge in [0, 0.05) is 17.4 Å². The van der Waals surface area contributed by atoms with E-state index in [9.17, 15) is 9.90 Å². The minimum absolute atomic E-state index is 0.0155. The van der Waals surface area contributed by atoms with Crippen molar-refractivity contribution >= 4 is 17.3 Å². The van der Waals surface area contributed by atoms with Crippen LogP contribution < -0.4 is 10.6 Å². The number of nitrogens with two attached hydrogens (primary N) is 1. The fourth-order valence-corrected chi connectivity index (χ4v) is 2.91. The Hall–Kier alpha value is -2.49. The molecular formula is C17H18N2O2. The van der Waals surface area contributed by atoms with E-state index in [1.54, 1.807) is 29.2 Å². The van der Waals surface area contributed by atoms with Crippen molar-refractivity contribution in [3.63, 3.8) is 0 Å². The lowest BCUT2D eigenvalue weighted by molar-refractivity contribution is 0.0979. The molecule has 0 radical (unpaired) electrons. The summed E-state index contributed by atoms with van der Waals surface area (Å²) in [5.74, 6) is -0.158. The number of amides is 1. The summed E-state index contributed by atoms with van der Waals surface area (Å²) in [4.78, 5) is 14.6. The molecule has 1 unspecified atom stereocenters. The van der Waals surface area contributed by atoms with Crippen molar-refractivity contribution in [2.24, 2.45) is 0 Å². The average molecular weight is 282 g/mol. The number of aryl methyl sites for hydroxylation is 1. The zero-order valence-corrected chi connectivity index (χ0v) is 12.1. The fraction of sp³-hybridized carbons (Fsp3) is 0.235. The van der Waals surface area contributed by atoms with E-state index in [1.165, 1.54) is 0 Å². The van der Waals surface area contributed by atoms with Gasteiger partial charge in [-0.25, -0.2) is 0 Å². The smallest absolute Gasteiger partial charge is 0.262 e. The van der Waals surface area contributed by atoms with Gasteiger partial charge in [-0.15, -0.1) is 0 Å². The van der Waals surface area contributed by atoms with Crippen LogP contribution in [0.15, 0.2) is 36.4 Å². The molecule has 0 aliphatic carbocycles. The lowest BCUT2D eigenvalue weighted by Crippen LogP contribution is -2.35. The van der Waals surface area contributed by atoms with Crippen molar-refractivity contribution in [2.75, 3.05) is 10.6 Å². The summed E-state index contributed by atoms with van der Waals surface area (Å²) in [5, 5.41) is 9.98. The van der Waals surface area contributed by atoms with Crippen LogP contribution in [0.3, 0.4) is 0 Å². The molecule has 4 nitrogen and oxygen atoms in total.